The van der Waals surface area contributed by atoms with Gasteiger partial charge in [-0.2, -0.15) is 0 Å². The number of aryl methyl sites for hydroxylation is 2. The molecule has 1 heterocycles. The van der Waals surface area contributed by atoms with Crippen LogP contribution in [-0.4, -0.2) is 11.5 Å². The van der Waals surface area contributed by atoms with Crippen LogP contribution in [0.1, 0.15) is 35.3 Å². The van der Waals surface area contributed by atoms with Crippen molar-refractivity contribution in [3.8, 4) is 0 Å². The molecule has 2 nitrogen and oxygen atoms in total. The van der Waals surface area contributed by atoms with Gasteiger partial charge in [0.25, 0.3) is 0 Å². The van der Waals surface area contributed by atoms with Crippen molar-refractivity contribution < 1.29 is 0 Å². The Labute approximate surface area is 84.2 Å². The van der Waals surface area contributed by atoms with Gasteiger partial charge in [-0.05, 0) is 32.7 Å². The fourth-order valence-electron chi connectivity index (χ4n) is 1.29. The van der Waals surface area contributed by atoms with Crippen LogP contribution < -0.4 is 5.73 Å². The number of nitrogens with zero attached hydrogens (tertiary/aromatic N) is 1. The van der Waals surface area contributed by atoms with Crippen LogP contribution in [0.5, 0.6) is 0 Å². The number of nitrogens with two attached hydrogens (primary N) is 1. The second-order valence-electron chi connectivity index (χ2n) is 3.26. The van der Waals surface area contributed by atoms with Crippen molar-refractivity contribution in [1.82, 2.24) is 4.98 Å². The molecule has 0 amide bonds. The smallest absolute Gasteiger partial charge is 0.0930 e. The molecule has 74 valence electrons. The zero-order valence-electron chi connectivity index (χ0n) is 8.47. The number of rotatable bonds is 5. The molecule has 0 aliphatic heterocycles. The molecule has 0 saturated heterocycles. The Morgan fingerprint density at radius 1 is 1.38 bits per heavy atom. The summed E-state index contributed by atoms with van der Waals surface area (Å²) >= 11 is 1.83. The van der Waals surface area contributed by atoms with E-state index in [1.54, 1.807) is 0 Å². The van der Waals surface area contributed by atoms with E-state index < -0.39 is 0 Å². The molecule has 13 heavy (non-hydrogen) atoms. The summed E-state index contributed by atoms with van der Waals surface area (Å²) in [7, 11) is 0. The minimum absolute atomic E-state index is 0.732. The molecule has 1 aromatic heterocycles. The van der Waals surface area contributed by atoms with E-state index in [0.29, 0.717) is 0 Å². The van der Waals surface area contributed by atoms with Crippen LogP contribution in [0.4, 0.5) is 0 Å². The Balaban J connectivity index is 2.59. The van der Waals surface area contributed by atoms with E-state index in [9.17, 15) is 0 Å². The van der Waals surface area contributed by atoms with E-state index in [2.05, 4.69) is 18.8 Å². The zero-order valence-corrected chi connectivity index (χ0v) is 9.28. The van der Waals surface area contributed by atoms with Crippen LogP contribution in [0.2, 0.25) is 0 Å². The summed E-state index contributed by atoms with van der Waals surface area (Å²) in [6, 6.07) is 0. The van der Waals surface area contributed by atoms with Gasteiger partial charge in [-0.3, -0.25) is 0 Å². The van der Waals surface area contributed by atoms with Gasteiger partial charge in [-0.1, -0.05) is 13.3 Å². The van der Waals surface area contributed by atoms with Crippen molar-refractivity contribution in [2.24, 2.45) is 5.73 Å². The normalized spacial score (nSPS) is 10.7. The Hall–Kier alpha value is -0.410. The van der Waals surface area contributed by atoms with Crippen molar-refractivity contribution in [1.29, 1.82) is 0 Å². The van der Waals surface area contributed by atoms with Gasteiger partial charge in [0.2, 0.25) is 0 Å². The monoisotopic (exact) mass is 198 g/mol. The van der Waals surface area contributed by atoms with E-state index in [-0.39, 0.29) is 0 Å². The number of thiazole rings is 1. The molecular weight excluding hydrogens is 180 g/mol. The molecule has 0 radical (unpaired) electrons. The second-order valence-corrected chi connectivity index (χ2v) is 4.43. The highest BCUT2D eigenvalue weighted by Gasteiger charge is 2.05. The lowest BCUT2D eigenvalue weighted by molar-refractivity contribution is 0.788. The summed E-state index contributed by atoms with van der Waals surface area (Å²) < 4.78 is 0. The number of hydrogen-bond donors (Lipinski definition) is 1. The first-order valence-electron chi connectivity index (χ1n) is 4.93. The Morgan fingerprint density at radius 2 is 2.15 bits per heavy atom. The molecule has 1 aromatic rings. The average molecular weight is 198 g/mol. The molecule has 0 aliphatic carbocycles. The molecule has 0 fully saturated rings. The molecule has 0 unspecified atom stereocenters. The summed E-state index contributed by atoms with van der Waals surface area (Å²) in [6.07, 6.45) is 4.60. The number of unbranched alkanes of at least 4 members (excludes halogenated alkanes) is 1. The molecule has 0 spiro atoms. The maximum absolute atomic E-state index is 5.52. The Morgan fingerprint density at radius 3 is 2.77 bits per heavy atom. The van der Waals surface area contributed by atoms with Crippen molar-refractivity contribution in [3.63, 3.8) is 0 Å². The minimum atomic E-state index is 0.732. The molecule has 0 aromatic carbocycles. The largest absolute Gasteiger partial charge is 0.330 e. The highest BCUT2D eigenvalue weighted by molar-refractivity contribution is 7.11. The molecule has 3 heteroatoms. The summed E-state index contributed by atoms with van der Waals surface area (Å²) in [5.41, 5.74) is 6.70. The van der Waals surface area contributed by atoms with Gasteiger partial charge in [0.1, 0.15) is 0 Å². The Bertz CT molecular complexity index is 255. The molecule has 0 bridgehead atoms. The molecule has 2 N–H and O–H groups in total. The lowest BCUT2D eigenvalue weighted by Gasteiger charge is -1.91. The van der Waals surface area contributed by atoms with E-state index in [1.807, 2.05) is 11.3 Å². The van der Waals surface area contributed by atoms with E-state index in [0.717, 1.165) is 19.4 Å². The third-order valence-corrected chi connectivity index (χ3v) is 3.33. The van der Waals surface area contributed by atoms with Crippen LogP contribution in [0, 0.1) is 6.92 Å². The third kappa shape index (κ3) is 3.08. The van der Waals surface area contributed by atoms with Gasteiger partial charge in [0, 0.05) is 4.88 Å². The standard InChI is InChI=1S/C10H18N2S/c1-3-4-5-10-12-8(2)9(13-10)6-7-11/h3-7,11H2,1-2H3. The van der Waals surface area contributed by atoms with Crippen molar-refractivity contribution >= 4 is 11.3 Å². The number of aromatic nitrogens is 1. The fraction of sp³-hybridized carbons (Fsp3) is 0.700. The maximum atomic E-state index is 5.52. The molecular formula is C10H18N2S. The summed E-state index contributed by atoms with van der Waals surface area (Å²) in [5.74, 6) is 0. The Kier molecular flexibility index (Phi) is 4.39. The SMILES string of the molecule is CCCCc1nc(C)c(CCN)s1. The van der Waals surface area contributed by atoms with E-state index in [1.165, 1.54) is 28.4 Å². The molecule has 0 saturated carbocycles. The van der Waals surface area contributed by atoms with Gasteiger partial charge in [-0.25, -0.2) is 4.98 Å². The van der Waals surface area contributed by atoms with Crippen molar-refractivity contribution in [2.75, 3.05) is 6.54 Å². The van der Waals surface area contributed by atoms with Crippen LogP contribution in [-0.2, 0) is 12.8 Å². The number of hydrogen-bond acceptors (Lipinski definition) is 3. The zero-order chi connectivity index (χ0) is 9.68. The van der Waals surface area contributed by atoms with Crippen molar-refractivity contribution in [2.45, 2.75) is 39.5 Å². The average Bonchev–Trinajstić information content (AvgIpc) is 2.45. The summed E-state index contributed by atoms with van der Waals surface area (Å²) in [4.78, 5) is 5.90. The first-order valence-corrected chi connectivity index (χ1v) is 5.74. The summed E-state index contributed by atoms with van der Waals surface area (Å²) in [6.45, 7) is 5.02. The van der Waals surface area contributed by atoms with E-state index in [4.69, 9.17) is 5.73 Å². The van der Waals surface area contributed by atoms with Crippen LogP contribution in [0.15, 0.2) is 0 Å². The molecule has 1 rings (SSSR count). The highest BCUT2D eigenvalue weighted by atomic mass is 32.1. The van der Waals surface area contributed by atoms with Crippen LogP contribution in [0.25, 0.3) is 0 Å². The summed E-state index contributed by atoms with van der Waals surface area (Å²) in [5, 5.41) is 1.28. The van der Waals surface area contributed by atoms with Crippen LogP contribution in [0.3, 0.4) is 0 Å². The third-order valence-electron chi connectivity index (χ3n) is 2.05. The lowest BCUT2D eigenvalue weighted by Crippen LogP contribution is -2.01. The van der Waals surface area contributed by atoms with Gasteiger partial charge in [0.05, 0.1) is 10.7 Å². The first-order chi connectivity index (χ1) is 6.27. The van der Waals surface area contributed by atoms with Gasteiger partial charge >= 0.3 is 0 Å². The predicted molar refractivity (Wildman–Crippen MR) is 58.2 cm³/mol. The quantitative estimate of drug-likeness (QED) is 0.788. The minimum Gasteiger partial charge on any atom is -0.330 e. The lowest BCUT2D eigenvalue weighted by atomic mass is 10.2. The van der Waals surface area contributed by atoms with Gasteiger partial charge in [0.15, 0.2) is 0 Å². The van der Waals surface area contributed by atoms with E-state index >= 15 is 0 Å². The van der Waals surface area contributed by atoms with Gasteiger partial charge < -0.3 is 5.73 Å². The fourth-order valence-corrected chi connectivity index (χ4v) is 2.41. The van der Waals surface area contributed by atoms with Gasteiger partial charge in [-0.15, -0.1) is 11.3 Å². The van der Waals surface area contributed by atoms with Crippen molar-refractivity contribution in [3.05, 3.63) is 15.6 Å². The first kappa shape index (κ1) is 10.7. The second kappa shape index (κ2) is 5.35. The maximum Gasteiger partial charge on any atom is 0.0930 e. The molecule has 0 aliphatic rings. The predicted octanol–water partition coefficient (Wildman–Crippen LogP) is 2.30. The highest BCUT2D eigenvalue weighted by Crippen LogP contribution is 2.19. The molecule has 0 atom stereocenters. The van der Waals surface area contributed by atoms with Crippen LogP contribution >= 0.6 is 11.3 Å². The topological polar surface area (TPSA) is 38.9 Å².